The Morgan fingerprint density at radius 3 is 2.07 bits per heavy atom. The Bertz CT molecular complexity index is 973. The molecule has 2 fully saturated rings. The van der Waals surface area contributed by atoms with Crippen LogP contribution in [-0.4, -0.2) is 20.3 Å². The molecule has 3 aromatic carbocycles. The smallest absolute Gasteiger partial charge is 0.196 e. The van der Waals surface area contributed by atoms with Crippen LogP contribution in [0.3, 0.4) is 0 Å². The van der Waals surface area contributed by atoms with Gasteiger partial charge in [0.25, 0.3) is 0 Å². The van der Waals surface area contributed by atoms with Gasteiger partial charge in [-0.2, -0.15) is 0 Å². The Morgan fingerprint density at radius 1 is 0.828 bits per heavy atom. The Hall–Kier alpha value is -2.20. The van der Waals surface area contributed by atoms with Gasteiger partial charge in [-0.3, -0.25) is 0 Å². The van der Waals surface area contributed by atoms with Gasteiger partial charge in [0.1, 0.15) is 5.60 Å². The lowest BCUT2D eigenvalue weighted by molar-refractivity contribution is -0.160. The molecule has 3 heteroatoms. The second-order valence-corrected chi connectivity index (χ2v) is 13.9. The van der Waals surface area contributed by atoms with E-state index in [1.807, 2.05) is 0 Å². The molecule has 29 heavy (non-hydrogen) atoms. The second-order valence-electron chi connectivity index (χ2n) is 9.17. The summed E-state index contributed by atoms with van der Waals surface area (Å²) in [4.78, 5) is 0. The molecule has 2 aliphatic rings. The maximum Gasteiger partial charge on any atom is 0.196 e. The van der Waals surface area contributed by atoms with Crippen LogP contribution in [0.2, 0.25) is 19.1 Å². The molecule has 2 bridgehead atoms. The third-order valence-corrected chi connectivity index (χ3v) is 10.1. The highest BCUT2D eigenvalue weighted by Gasteiger charge is 2.64. The standard InChI is InChI=1S/C26H28O2Si/c1-29(2,23-16-10-5-11-17-23)20-25-19-27-26(28-25,22-14-8-4-9-15-22)18-24(25)21-12-6-3-7-13-21/h3-17,24H,18-20H2,1-2H3/t24-,25-,26+/m0/s1. The number of hydrogen-bond donors (Lipinski definition) is 0. The van der Waals surface area contributed by atoms with E-state index in [4.69, 9.17) is 9.47 Å². The molecular weight excluding hydrogens is 372 g/mol. The van der Waals surface area contributed by atoms with E-state index >= 15 is 0 Å². The van der Waals surface area contributed by atoms with E-state index in [0.717, 1.165) is 18.0 Å². The van der Waals surface area contributed by atoms with Gasteiger partial charge < -0.3 is 9.47 Å². The van der Waals surface area contributed by atoms with Crippen LogP contribution in [0.4, 0.5) is 0 Å². The Balaban J connectivity index is 1.56. The molecular formula is C26H28O2Si. The van der Waals surface area contributed by atoms with Crippen molar-refractivity contribution < 1.29 is 9.47 Å². The van der Waals surface area contributed by atoms with Crippen molar-refractivity contribution >= 4 is 13.3 Å². The summed E-state index contributed by atoms with van der Waals surface area (Å²) in [5, 5.41) is 1.48. The summed E-state index contributed by atoms with van der Waals surface area (Å²) in [5.41, 5.74) is 2.23. The average molecular weight is 401 g/mol. The monoisotopic (exact) mass is 400 g/mol. The molecule has 2 heterocycles. The highest BCUT2D eigenvalue weighted by atomic mass is 28.3. The number of rotatable bonds is 5. The summed E-state index contributed by atoms with van der Waals surface area (Å²) in [6, 6.07) is 33.4. The lowest BCUT2D eigenvalue weighted by atomic mass is 9.79. The summed E-state index contributed by atoms with van der Waals surface area (Å²) in [7, 11) is -1.72. The van der Waals surface area contributed by atoms with Crippen molar-refractivity contribution in [1.29, 1.82) is 0 Å². The minimum absolute atomic E-state index is 0.275. The third-order valence-electron chi connectivity index (χ3n) is 6.74. The van der Waals surface area contributed by atoms with Crippen LogP contribution in [0, 0.1) is 0 Å². The normalized spacial score (nSPS) is 28.6. The molecule has 148 valence electrons. The first-order valence-corrected chi connectivity index (χ1v) is 13.7. The lowest BCUT2D eigenvalue weighted by Crippen LogP contribution is -2.51. The summed E-state index contributed by atoms with van der Waals surface area (Å²) < 4.78 is 13.4. The highest BCUT2D eigenvalue weighted by molar-refractivity contribution is 6.90. The van der Waals surface area contributed by atoms with Crippen molar-refractivity contribution in [2.24, 2.45) is 0 Å². The molecule has 0 radical (unpaired) electrons. The maximum absolute atomic E-state index is 6.97. The van der Waals surface area contributed by atoms with Crippen molar-refractivity contribution in [2.75, 3.05) is 6.61 Å². The molecule has 0 spiro atoms. The van der Waals surface area contributed by atoms with Crippen molar-refractivity contribution in [1.82, 2.24) is 0 Å². The zero-order chi connectivity index (χ0) is 20.0. The maximum atomic E-state index is 6.97. The Labute approximate surface area is 174 Å². The number of hydrogen-bond acceptors (Lipinski definition) is 2. The molecule has 0 saturated carbocycles. The first-order valence-electron chi connectivity index (χ1n) is 10.5. The van der Waals surface area contributed by atoms with E-state index in [-0.39, 0.29) is 5.60 Å². The number of fused-ring (bicyclic) bond motifs is 2. The fourth-order valence-corrected chi connectivity index (χ4v) is 8.58. The van der Waals surface area contributed by atoms with Crippen LogP contribution in [-0.2, 0) is 15.3 Å². The van der Waals surface area contributed by atoms with Crippen molar-refractivity contribution in [3.05, 3.63) is 102 Å². The first-order chi connectivity index (χ1) is 14.0. The number of benzene rings is 3. The van der Waals surface area contributed by atoms with E-state index in [9.17, 15) is 0 Å². The topological polar surface area (TPSA) is 18.5 Å². The molecule has 2 nitrogen and oxygen atoms in total. The summed E-state index contributed by atoms with van der Waals surface area (Å²) in [6.45, 7) is 5.58. The quantitative estimate of drug-likeness (QED) is 0.532. The molecule has 0 N–H and O–H groups in total. The van der Waals surface area contributed by atoms with E-state index in [1.54, 1.807) is 0 Å². The van der Waals surface area contributed by atoms with Crippen LogP contribution < -0.4 is 5.19 Å². The van der Waals surface area contributed by atoms with Crippen molar-refractivity contribution in [2.45, 2.75) is 42.9 Å². The predicted octanol–water partition coefficient (Wildman–Crippen LogP) is 5.43. The third kappa shape index (κ3) is 3.18. The van der Waals surface area contributed by atoms with E-state index in [1.165, 1.54) is 10.8 Å². The van der Waals surface area contributed by atoms with Crippen LogP contribution in [0.15, 0.2) is 91.0 Å². The van der Waals surface area contributed by atoms with Crippen LogP contribution in [0.25, 0.3) is 0 Å². The van der Waals surface area contributed by atoms with Gasteiger partial charge in [0.2, 0.25) is 0 Å². The fraction of sp³-hybridized carbons (Fsp3) is 0.308. The Kier molecular flexibility index (Phi) is 4.50. The predicted molar refractivity (Wildman–Crippen MR) is 120 cm³/mol. The lowest BCUT2D eigenvalue weighted by Gasteiger charge is -2.38. The number of ether oxygens (including phenoxy) is 2. The molecule has 2 aliphatic heterocycles. The SMILES string of the molecule is C[Si](C)(C[C@@]12CO[C@](c3ccccc3)(C[C@H]1c1ccccc1)O2)c1ccccc1. The van der Waals surface area contributed by atoms with Gasteiger partial charge in [0.05, 0.1) is 14.7 Å². The molecule has 0 amide bonds. The van der Waals surface area contributed by atoms with Crippen molar-refractivity contribution in [3.63, 3.8) is 0 Å². The van der Waals surface area contributed by atoms with Gasteiger partial charge >= 0.3 is 0 Å². The Morgan fingerprint density at radius 2 is 1.41 bits per heavy atom. The first kappa shape index (κ1) is 18.8. The van der Waals surface area contributed by atoms with Gasteiger partial charge in [-0.15, -0.1) is 0 Å². The summed E-state index contributed by atoms with van der Waals surface area (Å²) >= 11 is 0. The van der Waals surface area contributed by atoms with Crippen LogP contribution in [0.5, 0.6) is 0 Å². The van der Waals surface area contributed by atoms with Gasteiger partial charge in [0, 0.05) is 17.9 Å². The zero-order valence-corrected chi connectivity index (χ0v) is 18.2. The minimum atomic E-state index is -1.72. The summed E-state index contributed by atoms with van der Waals surface area (Å²) in [5.74, 6) is -0.281. The van der Waals surface area contributed by atoms with E-state index in [0.29, 0.717) is 12.5 Å². The molecule has 3 aromatic rings. The molecule has 5 rings (SSSR count). The zero-order valence-electron chi connectivity index (χ0n) is 17.2. The van der Waals surface area contributed by atoms with Crippen molar-refractivity contribution in [3.8, 4) is 0 Å². The van der Waals surface area contributed by atoms with Gasteiger partial charge in [-0.25, -0.2) is 0 Å². The molecule has 2 saturated heterocycles. The second kappa shape index (κ2) is 6.94. The van der Waals surface area contributed by atoms with E-state index in [2.05, 4.69) is 104 Å². The molecule has 0 aromatic heterocycles. The largest absolute Gasteiger partial charge is 0.343 e. The van der Waals surface area contributed by atoms with Crippen LogP contribution in [0.1, 0.15) is 23.5 Å². The fourth-order valence-electron chi connectivity index (χ4n) is 5.36. The molecule has 3 atom stereocenters. The summed E-state index contributed by atoms with van der Waals surface area (Å²) in [6.07, 6.45) is 0.875. The molecule has 0 aliphatic carbocycles. The van der Waals surface area contributed by atoms with Gasteiger partial charge in [-0.1, -0.05) is 109 Å². The highest BCUT2D eigenvalue weighted by Crippen LogP contribution is 2.60. The molecule has 0 unspecified atom stereocenters. The van der Waals surface area contributed by atoms with Crippen LogP contribution >= 0.6 is 0 Å². The average Bonchev–Trinajstić information content (AvgIpc) is 3.29. The minimum Gasteiger partial charge on any atom is -0.343 e. The van der Waals surface area contributed by atoms with Gasteiger partial charge in [-0.05, 0) is 11.6 Å². The van der Waals surface area contributed by atoms with E-state index < -0.39 is 13.9 Å². The van der Waals surface area contributed by atoms with Gasteiger partial charge in [0.15, 0.2) is 5.79 Å².